The van der Waals surface area contributed by atoms with Crippen molar-refractivity contribution in [2.24, 2.45) is 0 Å². The van der Waals surface area contributed by atoms with Crippen LogP contribution < -0.4 is 0 Å². The molecule has 1 heterocycles. The molecule has 0 spiro atoms. The van der Waals surface area contributed by atoms with Crippen molar-refractivity contribution < 1.29 is 24.6 Å². The first-order valence-electron chi connectivity index (χ1n) is 5.33. The Kier molecular flexibility index (Phi) is 5.22. The number of nitrogens with zero attached hydrogens (tertiary/aromatic N) is 2. The van der Waals surface area contributed by atoms with Gasteiger partial charge < -0.3 is 10.2 Å². The van der Waals surface area contributed by atoms with E-state index in [1.165, 1.54) is 12.3 Å². The summed E-state index contributed by atoms with van der Waals surface area (Å²) >= 11 is 0. The standard InChI is InChI=1S/C11H14N2O5/c1-2-18-13(9(7-14)11(16)17)10(15)8-5-3-4-6-12-8/h3-6,9,14H,2,7H2,1H3,(H,16,17). The van der Waals surface area contributed by atoms with E-state index in [2.05, 4.69) is 4.98 Å². The van der Waals surface area contributed by atoms with Crippen LogP contribution in [0.15, 0.2) is 24.4 Å². The van der Waals surface area contributed by atoms with Crippen molar-refractivity contribution in [3.63, 3.8) is 0 Å². The highest BCUT2D eigenvalue weighted by molar-refractivity contribution is 5.94. The lowest BCUT2D eigenvalue weighted by Crippen LogP contribution is -2.47. The first-order valence-corrected chi connectivity index (χ1v) is 5.33. The maximum Gasteiger partial charge on any atom is 0.331 e. The molecular formula is C11H14N2O5. The number of aliphatic carboxylic acids is 1. The number of aliphatic hydroxyl groups excluding tert-OH is 1. The molecule has 0 aromatic carbocycles. The second kappa shape index (κ2) is 6.67. The fourth-order valence-electron chi connectivity index (χ4n) is 1.28. The molecule has 2 N–H and O–H groups in total. The van der Waals surface area contributed by atoms with Gasteiger partial charge in [0.25, 0.3) is 5.91 Å². The van der Waals surface area contributed by atoms with Crippen LogP contribution in [0.3, 0.4) is 0 Å². The molecule has 98 valence electrons. The molecule has 1 aromatic heterocycles. The van der Waals surface area contributed by atoms with Crippen LogP contribution in [-0.4, -0.2) is 51.4 Å². The number of pyridine rings is 1. The number of carbonyl (C=O) groups excluding carboxylic acids is 1. The molecular weight excluding hydrogens is 240 g/mol. The van der Waals surface area contributed by atoms with E-state index in [1.54, 1.807) is 19.1 Å². The fraction of sp³-hybridized carbons (Fsp3) is 0.364. The first kappa shape index (κ1) is 14.1. The lowest BCUT2D eigenvalue weighted by atomic mass is 10.2. The average molecular weight is 254 g/mol. The Balaban J connectivity index is 2.97. The number of hydrogen-bond donors (Lipinski definition) is 2. The highest BCUT2D eigenvalue weighted by Gasteiger charge is 2.31. The van der Waals surface area contributed by atoms with Crippen LogP contribution in [0.1, 0.15) is 17.4 Å². The summed E-state index contributed by atoms with van der Waals surface area (Å²) in [6, 6.07) is 3.20. The van der Waals surface area contributed by atoms with Gasteiger partial charge in [-0.2, -0.15) is 5.06 Å². The number of hydrogen-bond acceptors (Lipinski definition) is 5. The third-order valence-corrected chi connectivity index (χ3v) is 2.09. The molecule has 0 radical (unpaired) electrons. The Bertz CT molecular complexity index is 409. The number of aliphatic hydroxyl groups is 1. The van der Waals surface area contributed by atoms with Crippen molar-refractivity contribution >= 4 is 11.9 Å². The molecule has 1 amide bonds. The summed E-state index contributed by atoms with van der Waals surface area (Å²) in [7, 11) is 0. The monoisotopic (exact) mass is 254 g/mol. The predicted octanol–water partition coefficient (Wildman–Crippen LogP) is -0.0792. The molecule has 1 rings (SSSR count). The summed E-state index contributed by atoms with van der Waals surface area (Å²) < 4.78 is 0. The third-order valence-electron chi connectivity index (χ3n) is 2.09. The van der Waals surface area contributed by atoms with Gasteiger partial charge in [-0.1, -0.05) is 6.07 Å². The van der Waals surface area contributed by atoms with Gasteiger partial charge >= 0.3 is 5.97 Å². The van der Waals surface area contributed by atoms with Crippen LogP contribution in [0.4, 0.5) is 0 Å². The Hall–Kier alpha value is -1.99. The van der Waals surface area contributed by atoms with E-state index >= 15 is 0 Å². The number of carbonyl (C=O) groups is 2. The SMILES string of the molecule is CCON(C(=O)c1ccccn1)C(CO)C(=O)O. The van der Waals surface area contributed by atoms with Crippen LogP contribution in [0.5, 0.6) is 0 Å². The molecule has 0 aliphatic rings. The van der Waals surface area contributed by atoms with Crippen molar-refractivity contribution in [2.75, 3.05) is 13.2 Å². The van der Waals surface area contributed by atoms with E-state index in [1.807, 2.05) is 0 Å². The molecule has 7 nitrogen and oxygen atoms in total. The van der Waals surface area contributed by atoms with E-state index < -0.39 is 24.5 Å². The first-order chi connectivity index (χ1) is 8.61. The van der Waals surface area contributed by atoms with Crippen LogP contribution in [0.2, 0.25) is 0 Å². The highest BCUT2D eigenvalue weighted by atomic mass is 16.7. The van der Waals surface area contributed by atoms with Gasteiger partial charge in [-0.25, -0.2) is 4.79 Å². The average Bonchev–Trinajstić information content (AvgIpc) is 2.38. The molecule has 0 aliphatic heterocycles. The van der Waals surface area contributed by atoms with Gasteiger partial charge in [0, 0.05) is 6.20 Å². The predicted molar refractivity (Wildman–Crippen MR) is 60.5 cm³/mol. The molecule has 0 bridgehead atoms. The van der Waals surface area contributed by atoms with Crippen LogP contribution in [-0.2, 0) is 9.63 Å². The highest BCUT2D eigenvalue weighted by Crippen LogP contribution is 2.08. The van der Waals surface area contributed by atoms with E-state index in [9.17, 15) is 9.59 Å². The molecule has 0 saturated heterocycles. The number of carboxylic acid groups (broad SMARTS) is 1. The zero-order valence-electron chi connectivity index (χ0n) is 9.81. The Morgan fingerprint density at radius 1 is 1.50 bits per heavy atom. The quantitative estimate of drug-likeness (QED) is 0.689. The second-order valence-electron chi connectivity index (χ2n) is 3.30. The molecule has 1 aromatic rings. The number of carboxylic acids is 1. The maximum atomic E-state index is 12.0. The van der Waals surface area contributed by atoms with Crippen molar-refractivity contribution in [3.05, 3.63) is 30.1 Å². The maximum absolute atomic E-state index is 12.0. The van der Waals surface area contributed by atoms with E-state index in [4.69, 9.17) is 15.1 Å². The van der Waals surface area contributed by atoms with Crippen molar-refractivity contribution in [1.82, 2.24) is 10.0 Å². The smallest absolute Gasteiger partial charge is 0.331 e. The minimum atomic E-state index is -1.46. The fourth-order valence-corrected chi connectivity index (χ4v) is 1.28. The Labute approximate surface area is 104 Å². The molecule has 0 saturated carbocycles. The Morgan fingerprint density at radius 2 is 2.22 bits per heavy atom. The van der Waals surface area contributed by atoms with Crippen molar-refractivity contribution in [3.8, 4) is 0 Å². The van der Waals surface area contributed by atoms with Gasteiger partial charge in [-0.3, -0.25) is 14.6 Å². The number of aromatic nitrogens is 1. The van der Waals surface area contributed by atoms with Crippen LogP contribution >= 0.6 is 0 Å². The van der Waals surface area contributed by atoms with Gasteiger partial charge in [-0.15, -0.1) is 0 Å². The van der Waals surface area contributed by atoms with Gasteiger partial charge in [0.1, 0.15) is 5.69 Å². The van der Waals surface area contributed by atoms with Gasteiger partial charge in [0.15, 0.2) is 6.04 Å². The second-order valence-corrected chi connectivity index (χ2v) is 3.30. The Morgan fingerprint density at radius 3 is 2.67 bits per heavy atom. The van der Waals surface area contributed by atoms with Crippen molar-refractivity contribution in [1.29, 1.82) is 0 Å². The summed E-state index contributed by atoms with van der Waals surface area (Å²) in [6.07, 6.45) is 1.41. The van der Waals surface area contributed by atoms with Crippen LogP contribution in [0.25, 0.3) is 0 Å². The summed E-state index contributed by atoms with van der Waals surface area (Å²) in [5.41, 5.74) is 0.0469. The number of amides is 1. The number of hydroxylamine groups is 2. The summed E-state index contributed by atoms with van der Waals surface area (Å²) in [5.74, 6) is -2.06. The third kappa shape index (κ3) is 3.25. The zero-order valence-corrected chi connectivity index (χ0v) is 9.81. The van der Waals surface area contributed by atoms with Crippen molar-refractivity contribution in [2.45, 2.75) is 13.0 Å². The zero-order chi connectivity index (χ0) is 13.5. The largest absolute Gasteiger partial charge is 0.480 e. The van der Waals surface area contributed by atoms with Gasteiger partial charge in [-0.05, 0) is 19.1 Å². The topological polar surface area (TPSA) is 100.0 Å². The summed E-state index contributed by atoms with van der Waals surface area (Å²) in [5, 5.41) is 18.6. The summed E-state index contributed by atoms with van der Waals surface area (Å²) in [6.45, 7) is 0.964. The molecule has 0 fully saturated rings. The minimum Gasteiger partial charge on any atom is -0.480 e. The van der Waals surface area contributed by atoms with Gasteiger partial charge in [0.05, 0.1) is 13.2 Å². The number of rotatable bonds is 6. The van der Waals surface area contributed by atoms with Gasteiger partial charge in [0.2, 0.25) is 0 Å². The minimum absolute atomic E-state index is 0.0469. The van der Waals surface area contributed by atoms with Crippen LogP contribution in [0, 0.1) is 0 Å². The lowest BCUT2D eigenvalue weighted by Gasteiger charge is -2.25. The molecule has 0 aliphatic carbocycles. The normalized spacial score (nSPS) is 11.9. The molecule has 1 unspecified atom stereocenters. The lowest BCUT2D eigenvalue weighted by molar-refractivity contribution is -0.178. The van der Waals surface area contributed by atoms with E-state index in [0.717, 1.165) is 0 Å². The van der Waals surface area contributed by atoms with E-state index in [-0.39, 0.29) is 12.3 Å². The molecule has 7 heteroatoms. The summed E-state index contributed by atoms with van der Waals surface area (Å²) in [4.78, 5) is 31.7. The van der Waals surface area contributed by atoms with E-state index in [0.29, 0.717) is 5.06 Å². The molecule has 1 atom stereocenters. The molecule has 18 heavy (non-hydrogen) atoms.